The van der Waals surface area contributed by atoms with Gasteiger partial charge in [0.2, 0.25) is 0 Å². The third-order valence-electron chi connectivity index (χ3n) is 5.47. The lowest BCUT2D eigenvalue weighted by Gasteiger charge is -2.31. The number of hydrogen-bond acceptors (Lipinski definition) is 5. The van der Waals surface area contributed by atoms with Crippen molar-refractivity contribution >= 4 is 5.78 Å². The summed E-state index contributed by atoms with van der Waals surface area (Å²) >= 11 is 0. The van der Waals surface area contributed by atoms with Crippen LogP contribution in [0.3, 0.4) is 0 Å². The zero-order valence-corrected chi connectivity index (χ0v) is 15.8. The molecule has 5 nitrogen and oxygen atoms in total. The van der Waals surface area contributed by atoms with Gasteiger partial charge in [-0.3, -0.25) is 4.79 Å². The van der Waals surface area contributed by atoms with Gasteiger partial charge in [0.05, 0.1) is 12.2 Å². The molecule has 3 atom stereocenters. The van der Waals surface area contributed by atoms with Crippen LogP contribution in [0.2, 0.25) is 0 Å². The van der Waals surface area contributed by atoms with Crippen LogP contribution in [-0.2, 0) is 4.79 Å². The SMILES string of the molecule is C/C(=C/C/C=C(\C)CO)C1=CC[C@@](C)(O)[C@H]1CC1=C(O)[C@H](O)CCC1=O. The molecule has 0 aliphatic heterocycles. The van der Waals surface area contributed by atoms with Gasteiger partial charge in [-0.1, -0.05) is 29.4 Å². The molecule has 0 unspecified atom stereocenters. The van der Waals surface area contributed by atoms with Crippen LogP contribution >= 0.6 is 0 Å². The molecule has 5 heteroatoms. The molecular weight excluding hydrogens is 332 g/mol. The zero-order valence-electron chi connectivity index (χ0n) is 15.8. The standard InChI is InChI=1S/C21H30O5/c1-13(12-22)5-4-6-14(2)15-9-10-21(3,26)17(15)11-16-18(23)7-8-19(24)20(16)25/h5-6,9,17,19,22,24-26H,4,7-8,10-12H2,1-3H3/b13-5+,14-6-/t17-,19+,21+/m0/s1. The first-order chi connectivity index (χ1) is 12.2. The second kappa shape index (κ2) is 8.33. The number of aliphatic hydroxyl groups excluding tert-OH is 3. The first kappa shape index (κ1) is 20.6. The predicted octanol–water partition coefficient (Wildman–Crippen LogP) is 2.88. The number of carbonyl (C=O) groups excluding carboxylic acids is 1. The number of carbonyl (C=O) groups is 1. The Morgan fingerprint density at radius 1 is 1.35 bits per heavy atom. The molecule has 4 N–H and O–H groups in total. The number of hydrogen-bond donors (Lipinski definition) is 4. The molecule has 0 saturated heterocycles. The van der Waals surface area contributed by atoms with Gasteiger partial charge in [0, 0.05) is 17.9 Å². The predicted molar refractivity (Wildman–Crippen MR) is 101 cm³/mol. The van der Waals surface area contributed by atoms with E-state index < -0.39 is 11.7 Å². The van der Waals surface area contributed by atoms with Crippen molar-refractivity contribution in [2.24, 2.45) is 5.92 Å². The average Bonchev–Trinajstić information content (AvgIpc) is 2.89. The summed E-state index contributed by atoms with van der Waals surface area (Å²) in [4.78, 5) is 12.2. The van der Waals surface area contributed by atoms with Crippen LogP contribution in [0.15, 0.2) is 46.3 Å². The molecule has 2 rings (SSSR count). The van der Waals surface area contributed by atoms with Crippen LogP contribution in [0, 0.1) is 5.92 Å². The number of Topliss-reactive ketones (excluding diaryl/α,β-unsaturated/α-hetero) is 1. The molecule has 2 aliphatic rings. The fourth-order valence-electron chi connectivity index (χ4n) is 3.64. The molecule has 0 aromatic heterocycles. The van der Waals surface area contributed by atoms with Crippen LogP contribution in [-0.4, -0.2) is 44.5 Å². The van der Waals surface area contributed by atoms with E-state index in [0.29, 0.717) is 12.8 Å². The number of allylic oxidation sites excluding steroid dienone is 4. The van der Waals surface area contributed by atoms with Crippen molar-refractivity contribution in [1.82, 2.24) is 0 Å². The minimum absolute atomic E-state index is 0.0325. The Morgan fingerprint density at radius 2 is 2.04 bits per heavy atom. The van der Waals surface area contributed by atoms with Crippen LogP contribution in [0.4, 0.5) is 0 Å². The van der Waals surface area contributed by atoms with Gasteiger partial charge in [0.15, 0.2) is 5.78 Å². The van der Waals surface area contributed by atoms with E-state index in [1.165, 1.54) is 0 Å². The van der Waals surface area contributed by atoms with Crippen molar-refractivity contribution in [2.75, 3.05) is 6.61 Å². The third kappa shape index (κ3) is 4.53. The van der Waals surface area contributed by atoms with Gasteiger partial charge < -0.3 is 20.4 Å². The van der Waals surface area contributed by atoms with E-state index in [0.717, 1.165) is 16.7 Å². The lowest BCUT2D eigenvalue weighted by atomic mass is 9.78. The van der Waals surface area contributed by atoms with Crippen LogP contribution in [0.25, 0.3) is 0 Å². The fourth-order valence-corrected chi connectivity index (χ4v) is 3.64. The van der Waals surface area contributed by atoms with Gasteiger partial charge in [0.25, 0.3) is 0 Å². The maximum atomic E-state index is 12.2. The van der Waals surface area contributed by atoms with Crippen molar-refractivity contribution in [2.45, 2.75) is 64.6 Å². The maximum Gasteiger partial charge on any atom is 0.162 e. The van der Waals surface area contributed by atoms with Crippen molar-refractivity contribution in [3.05, 3.63) is 46.3 Å². The lowest BCUT2D eigenvalue weighted by molar-refractivity contribution is -0.117. The molecular formula is C21H30O5. The van der Waals surface area contributed by atoms with Crippen LogP contribution in [0.1, 0.15) is 52.9 Å². The van der Waals surface area contributed by atoms with E-state index in [-0.39, 0.29) is 48.9 Å². The summed E-state index contributed by atoms with van der Waals surface area (Å²) in [6.45, 7) is 5.60. The quantitative estimate of drug-likeness (QED) is 0.545. The van der Waals surface area contributed by atoms with Crippen molar-refractivity contribution in [1.29, 1.82) is 0 Å². The Labute approximate surface area is 155 Å². The van der Waals surface area contributed by atoms with Gasteiger partial charge in [0.1, 0.15) is 11.9 Å². The van der Waals surface area contributed by atoms with Crippen molar-refractivity contribution in [3.8, 4) is 0 Å². The van der Waals surface area contributed by atoms with Crippen molar-refractivity contribution in [3.63, 3.8) is 0 Å². The molecule has 0 heterocycles. The summed E-state index contributed by atoms with van der Waals surface area (Å²) in [7, 11) is 0. The highest BCUT2D eigenvalue weighted by Gasteiger charge is 2.41. The van der Waals surface area contributed by atoms with Crippen LogP contribution < -0.4 is 0 Å². The highest BCUT2D eigenvalue weighted by Crippen LogP contribution is 2.43. The molecule has 0 radical (unpaired) electrons. The molecule has 0 aromatic rings. The Balaban J connectivity index is 2.24. The summed E-state index contributed by atoms with van der Waals surface area (Å²) in [5.74, 6) is -0.711. The Hall–Kier alpha value is -1.69. The van der Waals surface area contributed by atoms with E-state index in [4.69, 9.17) is 5.11 Å². The summed E-state index contributed by atoms with van der Waals surface area (Å²) < 4.78 is 0. The molecule has 144 valence electrons. The Bertz CT molecular complexity index is 679. The normalized spacial score (nSPS) is 30.8. The maximum absolute atomic E-state index is 12.2. The highest BCUT2D eigenvalue weighted by molar-refractivity contribution is 5.97. The fraction of sp³-hybridized carbons (Fsp3) is 0.571. The molecule has 0 bridgehead atoms. The molecule has 2 aliphatic carbocycles. The van der Waals surface area contributed by atoms with Gasteiger partial charge >= 0.3 is 0 Å². The summed E-state index contributed by atoms with van der Waals surface area (Å²) in [6.07, 6.45) is 6.81. The molecule has 0 fully saturated rings. The van der Waals surface area contributed by atoms with Gasteiger partial charge in [-0.15, -0.1) is 0 Å². The molecule has 0 saturated carbocycles. The highest BCUT2D eigenvalue weighted by atomic mass is 16.3. The first-order valence-electron chi connectivity index (χ1n) is 9.16. The minimum Gasteiger partial charge on any atom is -0.509 e. The van der Waals surface area contributed by atoms with E-state index in [2.05, 4.69) is 0 Å². The number of aliphatic hydroxyl groups is 4. The van der Waals surface area contributed by atoms with Gasteiger partial charge in [-0.25, -0.2) is 0 Å². The largest absolute Gasteiger partial charge is 0.509 e. The minimum atomic E-state index is -1.00. The van der Waals surface area contributed by atoms with E-state index in [1.807, 2.05) is 32.1 Å². The summed E-state index contributed by atoms with van der Waals surface area (Å²) in [5, 5.41) is 39.9. The van der Waals surface area contributed by atoms with Gasteiger partial charge in [-0.2, -0.15) is 0 Å². The van der Waals surface area contributed by atoms with Gasteiger partial charge in [-0.05, 0) is 52.0 Å². The first-order valence-corrected chi connectivity index (χ1v) is 9.16. The van der Waals surface area contributed by atoms with E-state index in [1.54, 1.807) is 6.92 Å². The topological polar surface area (TPSA) is 98.0 Å². The zero-order chi connectivity index (χ0) is 19.5. The molecule has 0 aromatic carbocycles. The second-order valence-electron chi connectivity index (χ2n) is 7.65. The smallest absolute Gasteiger partial charge is 0.162 e. The lowest BCUT2D eigenvalue weighted by Crippen LogP contribution is -2.34. The van der Waals surface area contributed by atoms with E-state index >= 15 is 0 Å². The third-order valence-corrected chi connectivity index (χ3v) is 5.47. The molecule has 26 heavy (non-hydrogen) atoms. The monoisotopic (exact) mass is 362 g/mol. The average molecular weight is 362 g/mol. The van der Waals surface area contributed by atoms with E-state index in [9.17, 15) is 20.1 Å². The summed E-state index contributed by atoms with van der Waals surface area (Å²) in [5.41, 5.74) is 2.12. The summed E-state index contributed by atoms with van der Waals surface area (Å²) in [6, 6.07) is 0. The van der Waals surface area contributed by atoms with Crippen molar-refractivity contribution < 1.29 is 25.2 Å². The number of rotatable bonds is 6. The van der Waals surface area contributed by atoms with Crippen LogP contribution in [0.5, 0.6) is 0 Å². The number of ketones is 1. The molecule has 0 spiro atoms. The Morgan fingerprint density at radius 3 is 2.69 bits per heavy atom. The Kier molecular flexibility index (Phi) is 6.61. The molecule has 0 amide bonds. The second-order valence-corrected chi connectivity index (χ2v) is 7.65.